The summed E-state index contributed by atoms with van der Waals surface area (Å²) in [5.74, 6) is -0.00272. The third-order valence-corrected chi connectivity index (χ3v) is 7.08. The van der Waals surface area contributed by atoms with Crippen LogP contribution in [-0.4, -0.2) is 58.6 Å². The lowest BCUT2D eigenvalue weighted by atomic mass is 10.1. The maximum absolute atomic E-state index is 13.1. The highest BCUT2D eigenvalue weighted by atomic mass is 35.5. The molecule has 9 heteroatoms. The summed E-state index contributed by atoms with van der Waals surface area (Å²) in [4.78, 5) is 17.0. The van der Waals surface area contributed by atoms with Crippen molar-refractivity contribution in [2.45, 2.75) is 31.7 Å². The van der Waals surface area contributed by atoms with Crippen molar-refractivity contribution >= 4 is 33.2 Å². The number of ether oxygens (including phenoxy) is 1. The van der Waals surface area contributed by atoms with Gasteiger partial charge in [-0.2, -0.15) is 0 Å². The Bertz CT molecular complexity index is 1060. The summed E-state index contributed by atoms with van der Waals surface area (Å²) in [6.07, 6.45) is 0. The van der Waals surface area contributed by atoms with Gasteiger partial charge in [0.25, 0.3) is 5.91 Å². The summed E-state index contributed by atoms with van der Waals surface area (Å²) >= 11 is 6.15. The first kappa shape index (κ1) is 23.4. The third-order valence-electron chi connectivity index (χ3n) is 5.17. The van der Waals surface area contributed by atoms with Gasteiger partial charge in [0.2, 0.25) is 10.0 Å². The molecule has 1 saturated heterocycles. The van der Waals surface area contributed by atoms with Crippen LogP contribution in [0.1, 0.15) is 29.8 Å². The van der Waals surface area contributed by atoms with Crippen LogP contribution in [0.2, 0.25) is 5.02 Å². The molecule has 1 amide bonds. The number of carbonyl (C=O) groups is 1. The number of methoxy groups -OCH3 is 1. The SMILES string of the molecule is COc1ccc(C(=O)N2CCN(c3cc(Cl)ccc3C)CC2)cc1S(=O)(=O)NC(C)C. The van der Waals surface area contributed by atoms with E-state index in [2.05, 4.69) is 9.62 Å². The molecule has 3 rings (SSSR count). The Morgan fingerprint density at radius 3 is 2.39 bits per heavy atom. The topological polar surface area (TPSA) is 79.0 Å². The fraction of sp³-hybridized carbons (Fsp3) is 0.409. The van der Waals surface area contributed by atoms with Crippen LogP contribution < -0.4 is 14.4 Å². The zero-order chi connectivity index (χ0) is 22.8. The summed E-state index contributed by atoms with van der Waals surface area (Å²) in [5, 5.41) is 0.682. The molecule has 2 aromatic rings. The van der Waals surface area contributed by atoms with Crippen molar-refractivity contribution in [1.29, 1.82) is 0 Å². The van der Waals surface area contributed by atoms with Crippen LogP contribution in [-0.2, 0) is 10.0 Å². The molecule has 168 valence electrons. The van der Waals surface area contributed by atoms with E-state index in [-0.39, 0.29) is 22.6 Å². The maximum atomic E-state index is 13.1. The molecule has 1 aliphatic heterocycles. The van der Waals surface area contributed by atoms with Gasteiger partial charge in [-0.1, -0.05) is 17.7 Å². The van der Waals surface area contributed by atoms with Crippen LogP contribution in [0.25, 0.3) is 0 Å². The van der Waals surface area contributed by atoms with E-state index in [0.29, 0.717) is 36.8 Å². The van der Waals surface area contributed by atoms with Gasteiger partial charge in [-0.3, -0.25) is 4.79 Å². The first-order valence-electron chi connectivity index (χ1n) is 10.1. The molecule has 0 aliphatic carbocycles. The van der Waals surface area contributed by atoms with E-state index in [1.807, 2.05) is 25.1 Å². The van der Waals surface area contributed by atoms with Gasteiger partial charge >= 0.3 is 0 Å². The van der Waals surface area contributed by atoms with Crippen molar-refractivity contribution in [3.8, 4) is 5.75 Å². The van der Waals surface area contributed by atoms with Crippen LogP contribution in [0.4, 0.5) is 5.69 Å². The van der Waals surface area contributed by atoms with Gasteiger partial charge in [0.15, 0.2) is 0 Å². The first-order chi connectivity index (χ1) is 14.6. The van der Waals surface area contributed by atoms with E-state index in [1.165, 1.54) is 19.2 Å². The number of rotatable bonds is 6. The number of halogens is 1. The minimum atomic E-state index is -3.81. The van der Waals surface area contributed by atoms with Gasteiger partial charge in [0.1, 0.15) is 10.6 Å². The Morgan fingerprint density at radius 2 is 1.77 bits per heavy atom. The summed E-state index contributed by atoms with van der Waals surface area (Å²) in [6, 6.07) is 10.0. The molecular formula is C22H28ClN3O4S. The van der Waals surface area contributed by atoms with Gasteiger partial charge in [-0.25, -0.2) is 13.1 Å². The average Bonchev–Trinajstić information content (AvgIpc) is 2.73. The van der Waals surface area contributed by atoms with Gasteiger partial charge in [-0.05, 0) is 56.7 Å². The number of hydrogen-bond donors (Lipinski definition) is 1. The molecule has 1 fully saturated rings. The number of aryl methyl sites for hydroxylation is 1. The molecule has 0 atom stereocenters. The van der Waals surface area contributed by atoms with Crippen molar-refractivity contribution in [1.82, 2.24) is 9.62 Å². The molecule has 1 heterocycles. The number of nitrogens with one attached hydrogen (secondary N) is 1. The number of anilines is 1. The lowest BCUT2D eigenvalue weighted by Crippen LogP contribution is -2.49. The standard InChI is InChI=1S/C22H28ClN3O4S/c1-15(2)24-31(28,29)21-13-17(6-8-20(21)30-4)22(27)26-11-9-25(10-12-26)19-14-18(23)7-5-16(19)3/h5-8,13-15,24H,9-12H2,1-4H3. The second-order valence-corrected chi connectivity index (χ2v) is 9.97. The smallest absolute Gasteiger partial charge is 0.254 e. The third kappa shape index (κ3) is 5.31. The van der Waals surface area contributed by atoms with E-state index in [1.54, 1.807) is 24.8 Å². The van der Waals surface area contributed by atoms with Crippen molar-refractivity contribution in [3.05, 3.63) is 52.5 Å². The van der Waals surface area contributed by atoms with E-state index in [9.17, 15) is 13.2 Å². The molecule has 1 aliphatic rings. The van der Waals surface area contributed by atoms with E-state index in [4.69, 9.17) is 16.3 Å². The van der Waals surface area contributed by atoms with Crippen LogP contribution in [0.3, 0.4) is 0 Å². The zero-order valence-electron chi connectivity index (χ0n) is 18.2. The monoisotopic (exact) mass is 465 g/mol. The maximum Gasteiger partial charge on any atom is 0.254 e. The van der Waals surface area contributed by atoms with Gasteiger partial charge in [0, 0.05) is 48.5 Å². The van der Waals surface area contributed by atoms with Crippen molar-refractivity contribution in [3.63, 3.8) is 0 Å². The number of sulfonamides is 1. The van der Waals surface area contributed by atoms with Gasteiger partial charge < -0.3 is 14.5 Å². The molecule has 31 heavy (non-hydrogen) atoms. The van der Waals surface area contributed by atoms with Gasteiger partial charge in [-0.15, -0.1) is 0 Å². The Balaban J connectivity index is 1.78. The van der Waals surface area contributed by atoms with Gasteiger partial charge in [0.05, 0.1) is 7.11 Å². The lowest BCUT2D eigenvalue weighted by Gasteiger charge is -2.37. The minimum absolute atomic E-state index is 0.0391. The van der Waals surface area contributed by atoms with E-state index in [0.717, 1.165) is 11.3 Å². The predicted molar refractivity (Wildman–Crippen MR) is 123 cm³/mol. The average molecular weight is 466 g/mol. The molecule has 0 spiro atoms. The summed E-state index contributed by atoms with van der Waals surface area (Å²) in [7, 11) is -2.40. The number of benzene rings is 2. The second kappa shape index (κ2) is 9.46. The number of amides is 1. The molecule has 0 unspecified atom stereocenters. The highest BCUT2D eigenvalue weighted by Crippen LogP contribution is 2.28. The molecular weight excluding hydrogens is 438 g/mol. The largest absolute Gasteiger partial charge is 0.495 e. The molecule has 0 radical (unpaired) electrons. The Morgan fingerprint density at radius 1 is 1.10 bits per heavy atom. The molecule has 0 saturated carbocycles. The Kier molecular flexibility index (Phi) is 7.13. The first-order valence-corrected chi connectivity index (χ1v) is 12.0. The molecule has 2 aromatic carbocycles. The summed E-state index contributed by atoms with van der Waals surface area (Å²) < 4.78 is 33.2. The normalized spacial score (nSPS) is 14.8. The highest BCUT2D eigenvalue weighted by molar-refractivity contribution is 7.89. The zero-order valence-corrected chi connectivity index (χ0v) is 19.8. The van der Waals surface area contributed by atoms with Crippen LogP contribution in [0, 0.1) is 6.92 Å². The number of carbonyl (C=O) groups excluding carboxylic acids is 1. The lowest BCUT2D eigenvalue weighted by molar-refractivity contribution is 0.0746. The van der Waals surface area contributed by atoms with Crippen molar-refractivity contribution < 1.29 is 17.9 Å². The van der Waals surface area contributed by atoms with Crippen molar-refractivity contribution in [2.24, 2.45) is 0 Å². The Labute approximate surface area is 189 Å². The van der Waals surface area contributed by atoms with E-state index >= 15 is 0 Å². The molecule has 0 bridgehead atoms. The van der Waals surface area contributed by atoms with Crippen molar-refractivity contribution in [2.75, 3.05) is 38.2 Å². The number of hydrogen-bond acceptors (Lipinski definition) is 5. The molecule has 0 aromatic heterocycles. The summed E-state index contributed by atoms with van der Waals surface area (Å²) in [6.45, 7) is 7.91. The highest BCUT2D eigenvalue weighted by Gasteiger charge is 2.26. The predicted octanol–water partition coefficient (Wildman–Crippen LogP) is 3.31. The fourth-order valence-corrected chi connectivity index (χ4v) is 5.26. The van der Waals surface area contributed by atoms with Crippen LogP contribution in [0.15, 0.2) is 41.3 Å². The number of nitrogens with zero attached hydrogens (tertiary/aromatic N) is 2. The minimum Gasteiger partial charge on any atom is -0.495 e. The quantitative estimate of drug-likeness (QED) is 0.708. The van der Waals surface area contributed by atoms with Crippen LogP contribution in [0.5, 0.6) is 5.75 Å². The van der Waals surface area contributed by atoms with E-state index < -0.39 is 10.0 Å². The number of piperazine rings is 1. The van der Waals surface area contributed by atoms with Crippen LogP contribution >= 0.6 is 11.6 Å². The fourth-order valence-electron chi connectivity index (χ4n) is 3.65. The summed E-state index contributed by atoms with van der Waals surface area (Å²) in [5.41, 5.74) is 2.52. The molecule has 1 N–H and O–H groups in total. The Hall–Kier alpha value is -2.29. The second-order valence-electron chi connectivity index (χ2n) is 7.85. The molecule has 7 nitrogen and oxygen atoms in total.